The zero-order chi connectivity index (χ0) is 17.2. The van der Waals surface area contributed by atoms with Gasteiger partial charge in [-0.25, -0.2) is 9.97 Å². The number of pyridine rings is 1. The van der Waals surface area contributed by atoms with E-state index in [-0.39, 0.29) is 11.6 Å². The molecule has 0 fully saturated rings. The highest BCUT2D eigenvalue weighted by Gasteiger charge is 2.33. The molecule has 3 rings (SSSR count). The van der Waals surface area contributed by atoms with Crippen molar-refractivity contribution in [3.8, 4) is 11.4 Å². The average Bonchev–Trinajstić information content (AvgIpc) is 2.98. The van der Waals surface area contributed by atoms with Crippen molar-refractivity contribution in [2.45, 2.75) is 12.7 Å². The van der Waals surface area contributed by atoms with Gasteiger partial charge in [-0.15, -0.1) is 0 Å². The van der Waals surface area contributed by atoms with Crippen LogP contribution >= 0.6 is 0 Å². The molecule has 0 atom stereocenters. The first-order valence-electron chi connectivity index (χ1n) is 7.01. The van der Waals surface area contributed by atoms with Crippen LogP contribution in [0.5, 0.6) is 0 Å². The van der Waals surface area contributed by atoms with Crippen molar-refractivity contribution in [2.24, 2.45) is 7.05 Å². The molecule has 0 aromatic carbocycles. The zero-order valence-corrected chi connectivity index (χ0v) is 12.6. The van der Waals surface area contributed by atoms with Crippen molar-refractivity contribution in [1.82, 2.24) is 24.7 Å². The molecule has 0 aliphatic carbocycles. The third kappa shape index (κ3) is 3.50. The van der Waals surface area contributed by atoms with Crippen molar-refractivity contribution in [2.75, 3.05) is 5.32 Å². The van der Waals surface area contributed by atoms with Crippen LogP contribution in [0.1, 0.15) is 11.4 Å². The first-order chi connectivity index (χ1) is 11.4. The van der Waals surface area contributed by atoms with E-state index in [0.717, 1.165) is 11.8 Å². The van der Waals surface area contributed by atoms with E-state index < -0.39 is 11.9 Å². The molecular weight excluding hydrogens is 321 g/mol. The van der Waals surface area contributed by atoms with Gasteiger partial charge < -0.3 is 5.32 Å². The minimum Gasteiger partial charge on any atom is -0.364 e. The van der Waals surface area contributed by atoms with Crippen LogP contribution in [-0.2, 0) is 19.8 Å². The smallest absolute Gasteiger partial charge is 0.364 e. The molecule has 1 N–H and O–H groups in total. The van der Waals surface area contributed by atoms with Gasteiger partial charge in [0.25, 0.3) is 0 Å². The fourth-order valence-electron chi connectivity index (χ4n) is 2.07. The van der Waals surface area contributed by atoms with E-state index in [1.54, 1.807) is 36.1 Å². The fraction of sp³-hybridized carbons (Fsp3) is 0.200. The lowest BCUT2D eigenvalue weighted by atomic mass is 10.2. The Hall–Kier alpha value is -2.97. The Labute approximate surface area is 135 Å². The van der Waals surface area contributed by atoms with Gasteiger partial charge in [0.1, 0.15) is 5.82 Å². The normalized spacial score (nSPS) is 11.5. The van der Waals surface area contributed by atoms with E-state index >= 15 is 0 Å². The minimum absolute atomic E-state index is 0.0141. The molecule has 3 aromatic rings. The summed E-state index contributed by atoms with van der Waals surface area (Å²) in [5.41, 5.74) is 0.268. The van der Waals surface area contributed by atoms with Gasteiger partial charge in [0, 0.05) is 37.3 Å². The molecule has 0 aliphatic heterocycles. The maximum absolute atomic E-state index is 13.1. The standard InChI is InChI=1S/C15H13F3N6/c1-24-11(4-7-21-24)9-20-13-8-12(15(16,17)18)22-14(23-13)10-2-5-19-6-3-10/h2-8H,9H2,1H3,(H,20,22,23). The molecule has 0 bridgehead atoms. The van der Waals surface area contributed by atoms with Crippen molar-refractivity contribution >= 4 is 5.82 Å². The molecule has 6 nitrogen and oxygen atoms in total. The predicted octanol–water partition coefficient (Wildman–Crippen LogP) is 2.90. The van der Waals surface area contributed by atoms with Gasteiger partial charge >= 0.3 is 6.18 Å². The largest absolute Gasteiger partial charge is 0.433 e. The first-order valence-corrected chi connectivity index (χ1v) is 7.01. The van der Waals surface area contributed by atoms with Crippen LogP contribution in [0, 0.1) is 0 Å². The van der Waals surface area contributed by atoms with Crippen LogP contribution in [0.3, 0.4) is 0 Å². The van der Waals surface area contributed by atoms with E-state index in [1.807, 2.05) is 0 Å². The van der Waals surface area contributed by atoms with E-state index in [4.69, 9.17) is 0 Å². The van der Waals surface area contributed by atoms with Crippen molar-refractivity contribution in [3.63, 3.8) is 0 Å². The lowest BCUT2D eigenvalue weighted by molar-refractivity contribution is -0.141. The number of aromatic nitrogens is 5. The maximum Gasteiger partial charge on any atom is 0.433 e. The minimum atomic E-state index is -4.56. The Morgan fingerprint density at radius 3 is 2.46 bits per heavy atom. The second kappa shape index (κ2) is 6.26. The molecule has 0 saturated carbocycles. The van der Waals surface area contributed by atoms with Crippen LogP contribution in [0.4, 0.5) is 19.0 Å². The third-order valence-electron chi connectivity index (χ3n) is 3.33. The molecule has 9 heteroatoms. The van der Waals surface area contributed by atoms with Crippen LogP contribution in [0.15, 0.2) is 42.9 Å². The lowest BCUT2D eigenvalue weighted by Crippen LogP contribution is -2.13. The molecule has 124 valence electrons. The van der Waals surface area contributed by atoms with Crippen molar-refractivity contribution < 1.29 is 13.2 Å². The van der Waals surface area contributed by atoms with Gasteiger partial charge in [0.2, 0.25) is 0 Å². The Balaban J connectivity index is 1.94. The SMILES string of the molecule is Cn1nccc1CNc1cc(C(F)(F)F)nc(-c2ccncc2)n1. The highest BCUT2D eigenvalue weighted by atomic mass is 19.4. The molecule has 0 spiro atoms. The molecule has 0 saturated heterocycles. The number of rotatable bonds is 4. The van der Waals surface area contributed by atoms with Gasteiger partial charge in [-0.1, -0.05) is 0 Å². The van der Waals surface area contributed by atoms with E-state index in [9.17, 15) is 13.2 Å². The Kier molecular flexibility index (Phi) is 4.15. The summed E-state index contributed by atoms with van der Waals surface area (Å²) >= 11 is 0. The third-order valence-corrected chi connectivity index (χ3v) is 3.33. The number of hydrogen-bond donors (Lipinski definition) is 1. The predicted molar refractivity (Wildman–Crippen MR) is 80.8 cm³/mol. The molecule has 24 heavy (non-hydrogen) atoms. The number of hydrogen-bond acceptors (Lipinski definition) is 5. The summed E-state index contributed by atoms with van der Waals surface area (Å²) in [5, 5.41) is 6.89. The summed E-state index contributed by atoms with van der Waals surface area (Å²) in [5.74, 6) is 0.0741. The molecular formula is C15H13F3N6. The number of anilines is 1. The number of halogens is 3. The number of nitrogens with one attached hydrogen (secondary N) is 1. The average molecular weight is 334 g/mol. The highest BCUT2D eigenvalue weighted by Crippen LogP contribution is 2.30. The summed E-state index contributed by atoms with van der Waals surface area (Å²) in [6.45, 7) is 0.292. The van der Waals surface area contributed by atoms with Crippen LogP contribution in [0.2, 0.25) is 0 Å². The Morgan fingerprint density at radius 1 is 1.08 bits per heavy atom. The molecule has 0 radical (unpaired) electrons. The Morgan fingerprint density at radius 2 is 1.83 bits per heavy atom. The lowest BCUT2D eigenvalue weighted by Gasteiger charge is -2.12. The Bertz CT molecular complexity index is 829. The van der Waals surface area contributed by atoms with Gasteiger partial charge in [-0.05, 0) is 18.2 Å². The van der Waals surface area contributed by atoms with Crippen LogP contribution < -0.4 is 5.32 Å². The summed E-state index contributed by atoms with van der Waals surface area (Å²) in [7, 11) is 1.75. The highest BCUT2D eigenvalue weighted by molar-refractivity contribution is 5.57. The molecule has 3 aromatic heterocycles. The van der Waals surface area contributed by atoms with Crippen LogP contribution in [0.25, 0.3) is 11.4 Å². The van der Waals surface area contributed by atoms with Crippen molar-refractivity contribution in [3.05, 3.63) is 54.2 Å². The molecule has 3 heterocycles. The van der Waals surface area contributed by atoms with Crippen LogP contribution in [-0.4, -0.2) is 24.7 Å². The molecule has 0 unspecified atom stereocenters. The number of alkyl halides is 3. The number of nitrogens with zero attached hydrogens (tertiary/aromatic N) is 5. The summed E-state index contributed by atoms with van der Waals surface area (Å²) < 4.78 is 40.9. The van der Waals surface area contributed by atoms with Gasteiger partial charge in [-0.2, -0.15) is 18.3 Å². The van der Waals surface area contributed by atoms with E-state index in [0.29, 0.717) is 12.1 Å². The van der Waals surface area contributed by atoms with E-state index in [1.165, 1.54) is 12.4 Å². The fourth-order valence-corrected chi connectivity index (χ4v) is 2.07. The number of aryl methyl sites for hydroxylation is 1. The summed E-state index contributed by atoms with van der Waals surface area (Å²) in [4.78, 5) is 11.6. The van der Waals surface area contributed by atoms with Gasteiger partial charge in [0.05, 0.1) is 12.2 Å². The first kappa shape index (κ1) is 15.9. The summed E-state index contributed by atoms with van der Waals surface area (Å²) in [6.07, 6.45) is -0.00238. The monoisotopic (exact) mass is 334 g/mol. The van der Waals surface area contributed by atoms with Gasteiger partial charge in [0.15, 0.2) is 11.5 Å². The molecule has 0 aliphatic rings. The second-order valence-corrected chi connectivity index (χ2v) is 5.00. The topological polar surface area (TPSA) is 68.5 Å². The zero-order valence-electron chi connectivity index (χ0n) is 12.6. The van der Waals surface area contributed by atoms with Crippen molar-refractivity contribution in [1.29, 1.82) is 0 Å². The quantitative estimate of drug-likeness (QED) is 0.794. The molecule has 0 amide bonds. The maximum atomic E-state index is 13.1. The second-order valence-electron chi connectivity index (χ2n) is 5.00. The van der Waals surface area contributed by atoms with Gasteiger partial charge in [-0.3, -0.25) is 9.67 Å². The van der Waals surface area contributed by atoms with E-state index in [2.05, 4.69) is 25.4 Å². The summed E-state index contributed by atoms with van der Waals surface area (Å²) in [6, 6.07) is 5.77.